The van der Waals surface area contributed by atoms with Crippen molar-refractivity contribution in [2.24, 2.45) is 5.92 Å². The van der Waals surface area contributed by atoms with Crippen LogP contribution >= 0.6 is 0 Å². The highest BCUT2D eigenvalue weighted by molar-refractivity contribution is 5.91. The average Bonchev–Trinajstić information content (AvgIpc) is 2.50. The zero-order valence-electron chi connectivity index (χ0n) is 13.2. The number of hydrogen-bond acceptors (Lipinski definition) is 5. The highest BCUT2D eigenvalue weighted by atomic mass is 16.1. The summed E-state index contributed by atoms with van der Waals surface area (Å²) in [6.45, 7) is 8.05. The van der Waals surface area contributed by atoms with Crippen LogP contribution in [0.25, 0.3) is 0 Å². The third kappa shape index (κ3) is 4.14. The fraction of sp³-hybridized carbons (Fsp3) is 0.667. The zero-order valence-corrected chi connectivity index (χ0v) is 13.2. The van der Waals surface area contributed by atoms with Gasteiger partial charge in [0.05, 0.1) is 0 Å². The van der Waals surface area contributed by atoms with Gasteiger partial charge in [0.1, 0.15) is 0 Å². The first-order valence-corrected chi connectivity index (χ1v) is 7.72. The second-order valence-electron chi connectivity index (χ2n) is 5.57. The van der Waals surface area contributed by atoms with Crippen molar-refractivity contribution >= 4 is 17.5 Å². The van der Waals surface area contributed by atoms with Crippen molar-refractivity contribution in [2.45, 2.75) is 26.7 Å². The van der Waals surface area contributed by atoms with E-state index in [1.165, 1.54) is 0 Å². The van der Waals surface area contributed by atoms with Gasteiger partial charge < -0.3 is 15.1 Å². The van der Waals surface area contributed by atoms with E-state index in [0.29, 0.717) is 5.82 Å². The summed E-state index contributed by atoms with van der Waals surface area (Å²) in [5.74, 6) is 1.49. The summed E-state index contributed by atoms with van der Waals surface area (Å²) in [6, 6.07) is 3.77. The number of anilines is 2. The summed E-state index contributed by atoms with van der Waals surface area (Å²) in [6.07, 6.45) is 1.68. The summed E-state index contributed by atoms with van der Waals surface area (Å²) in [5.41, 5.74) is 0. The number of amides is 1. The van der Waals surface area contributed by atoms with Gasteiger partial charge in [-0.3, -0.25) is 4.79 Å². The molecule has 0 unspecified atom stereocenters. The molecule has 0 atom stereocenters. The Morgan fingerprint density at radius 2 is 1.86 bits per heavy atom. The molecule has 1 amide bonds. The molecule has 1 aromatic heterocycles. The lowest BCUT2D eigenvalue weighted by Gasteiger charge is -2.32. The van der Waals surface area contributed by atoms with E-state index in [2.05, 4.69) is 32.4 Å². The van der Waals surface area contributed by atoms with Crippen molar-refractivity contribution in [1.29, 1.82) is 0 Å². The molecule has 0 radical (unpaired) electrons. The largest absolute Gasteiger partial charge is 0.353 e. The molecule has 2 rings (SSSR count). The molecule has 1 N–H and O–H groups in total. The molecule has 21 heavy (non-hydrogen) atoms. The maximum absolute atomic E-state index is 12.0. The van der Waals surface area contributed by atoms with Crippen molar-refractivity contribution in [3.05, 3.63) is 12.1 Å². The molecule has 1 aliphatic rings. The van der Waals surface area contributed by atoms with Gasteiger partial charge in [0, 0.05) is 32.1 Å². The van der Waals surface area contributed by atoms with Crippen molar-refractivity contribution in [1.82, 2.24) is 15.1 Å². The van der Waals surface area contributed by atoms with Crippen molar-refractivity contribution in [2.75, 3.05) is 43.4 Å². The molecule has 0 bridgehead atoms. The molecule has 2 heterocycles. The maximum atomic E-state index is 12.0. The SMILES string of the molecule is CCC(CC)C(=O)Nc1ccc(N2CCN(C)CC2)nn1. The Kier molecular flexibility index (Phi) is 5.50. The summed E-state index contributed by atoms with van der Waals surface area (Å²) in [7, 11) is 2.12. The van der Waals surface area contributed by atoms with Crippen LogP contribution < -0.4 is 10.2 Å². The highest BCUT2D eigenvalue weighted by Crippen LogP contribution is 2.15. The predicted molar refractivity (Wildman–Crippen MR) is 84.4 cm³/mol. The normalized spacial score (nSPS) is 16.3. The lowest BCUT2D eigenvalue weighted by Crippen LogP contribution is -2.44. The third-order valence-electron chi connectivity index (χ3n) is 4.09. The van der Waals surface area contributed by atoms with E-state index in [4.69, 9.17) is 0 Å². The quantitative estimate of drug-likeness (QED) is 0.893. The third-order valence-corrected chi connectivity index (χ3v) is 4.09. The van der Waals surface area contributed by atoms with Crippen LogP contribution in [0.5, 0.6) is 0 Å². The first-order valence-electron chi connectivity index (χ1n) is 7.72. The van der Waals surface area contributed by atoms with Crippen LogP contribution in [0.15, 0.2) is 12.1 Å². The van der Waals surface area contributed by atoms with Crippen LogP contribution in [0.4, 0.5) is 11.6 Å². The van der Waals surface area contributed by atoms with Crippen LogP contribution in [0.3, 0.4) is 0 Å². The molecule has 1 aliphatic heterocycles. The van der Waals surface area contributed by atoms with Crippen molar-refractivity contribution in [3.8, 4) is 0 Å². The van der Waals surface area contributed by atoms with Gasteiger partial charge in [-0.2, -0.15) is 0 Å². The van der Waals surface area contributed by atoms with Gasteiger partial charge in [-0.15, -0.1) is 10.2 Å². The Hall–Kier alpha value is -1.69. The van der Waals surface area contributed by atoms with Crippen molar-refractivity contribution in [3.63, 3.8) is 0 Å². The average molecular weight is 291 g/mol. The highest BCUT2D eigenvalue weighted by Gasteiger charge is 2.17. The first-order chi connectivity index (χ1) is 10.1. The Labute approximate surface area is 126 Å². The molecule has 6 nitrogen and oxygen atoms in total. The second kappa shape index (κ2) is 7.36. The Balaban J connectivity index is 1.94. The first kappa shape index (κ1) is 15.7. The smallest absolute Gasteiger partial charge is 0.228 e. The molecule has 1 aromatic rings. The molecule has 0 saturated carbocycles. The van der Waals surface area contributed by atoms with E-state index in [1.54, 1.807) is 0 Å². The number of aromatic nitrogens is 2. The van der Waals surface area contributed by atoms with Crippen LogP contribution in [0.2, 0.25) is 0 Å². The van der Waals surface area contributed by atoms with Gasteiger partial charge in [0.25, 0.3) is 0 Å². The topological polar surface area (TPSA) is 61.4 Å². The molecule has 1 saturated heterocycles. The molecule has 116 valence electrons. The minimum absolute atomic E-state index is 0.0293. The predicted octanol–water partition coefficient (Wildman–Crippen LogP) is 1.60. The Morgan fingerprint density at radius 3 is 2.38 bits per heavy atom. The van der Waals surface area contributed by atoms with E-state index in [1.807, 2.05) is 26.0 Å². The minimum atomic E-state index is 0.0293. The molecule has 1 fully saturated rings. The molecule has 0 aromatic carbocycles. The van der Waals surface area contributed by atoms with Gasteiger partial charge in [-0.05, 0) is 32.0 Å². The van der Waals surface area contributed by atoms with E-state index >= 15 is 0 Å². The molecular formula is C15H25N5O. The lowest BCUT2D eigenvalue weighted by molar-refractivity contribution is -0.120. The zero-order chi connectivity index (χ0) is 15.2. The van der Waals surface area contributed by atoms with Crippen LogP contribution in [-0.4, -0.2) is 54.2 Å². The monoisotopic (exact) mass is 291 g/mol. The minimum Gasteiger partial charge on any atom is -0.353 e. The fourth-order valence-electron chi connectivity index (χ4n) is 2.48. The number of piperazine rings is 1. The summed E-state index contributed by atoms with van der Waals surface area (Å²) < 4.78 is 0. The number of likely N-dealkylation sites (N-methyl/N-ethyl adjacent to an activating group) is 1. The molecular weight excluding hydrogens is 266 g/mol. The summed E-state index contributed by atoms with van der Waals surface area (Å²) >= 11 is 0. The number of nitrogens with zero attached hydrogens (tertiary/aromatic N) is 4. The van der Waals surface area contributed by atoms with Gasteiger partial charge in [-0.25, -0.2) is 0 Å². The van der Waals surface area contributed by atoms with Gasteiger partial charge >= 0.3 is 0 Å². The van der Waals surface area contributed by atoms with Gasteiger partial charge in [0.15, 0.2) is 11.6 Å². The number of hydrogen-bond donors (Lipinski definition) is 1. The fourth-order valence-corrected chi connectivity index (χ4v) is 2.48. The van der Waals surface area contributed by atoms with Crippen LogP contribution in [-0.2, 0) is 4.79 Å². The Morgan fingerprint density at radius 1 is 1.19 bits per heavy atom. The second-order valence-corrected chi connectivity index (χ2v) is 5.57. The number of rotatable bonds is 5. The van der Waals surface area contributed by atoms with E-state index < -0.39 is 0 Å². The number of carbonyl (C=O) groups excluding carboxylic acids is 1. The van der Waals surface area contributed by atoms with Crippen LogP contribution in [0, 0.1) is 5.92 Å². The standard InChI is InChI=1S/C15H25N5O/c1-4-12(5-2)15(21)16-13-6-7-14(18-17-13)20-10-8-19(3)9-11-20/h6-7,12H,4-5,8-11H2,1-3H3,(H,16,17,21). The van der Waals surface area contributed by atoms with Gasteiger partial charge in [0.2, 0.25) is 5.91 Å². The molecule has 0 aliphatic carbocycles. The van der Waals surface area contributed by atoms with E-state index in [0.717, 1.165) is 44.8 Å². The Bertz CT molecular complexity index is 450. The summed E-state index contributed by atoms with van der Waals surface area (Å²) in [4.78, 5) is 16.5. The van der Waals surface area contributed by atoms with E-state index in [9.17, 15) is 4.79 Å². The summed E-state index contributed by atoms with van der Waals surface area (Å²) in [5, 5.41) is 11.2. The molecule has 0 spiro atoms. The lowest BCUT2D eigenvalue weighted by atomic mass is 10.0. The number of carbonyl (C=O) groups is 1. The number of nitrogens with one attached hydrogen (secondary N) is 1. The van der Waals surface area contributed by atoms with E-state index in [-0.39, 0.29) is 11.8 Å². The molecule has 6 heteroatoms. The van der Waals surface area contributed by atoms with Crippen molar-refractivity contribution < 1.29 is 4.79 Å². The van der Waals surface area contributed by atoms with Gasteiger partial charge in [-0.1, -0.05) is 13.8 Å². The maximum Gasteiger partial charge on any atom is 0.228 e. The van der Waals surface area contributed by atoms with Crippen LogP contribution in [0.1, 0.15) is 26.7 Å².